The highest BCUT2D eigenvalue weighted by atomic mass is 16.5. The van der Waals surface area contributed by atoms with Crippen LogP contribution in [0, 0.1) is 0 Å². The monoisotopic (exact) mass is 279 g/mol. The summed E-state index contributed by atoms with van der Waals surface area (Å²) in [6.45, 7) is 3.91. The number of aromatic nitrogens is 2. The fraction of sp³-hybridized carbons (Fsp3) is 0.733. The molecule has 1 heterocycles. The normalized spacial score (nSPS) is 22.7. The van der Waals surface area contributed by atoms with E-state index in [1.165, 1.54) is 0 Å². The van der Waals surface area contributed by atoms with Gasteiger partial charge in [-0.3, -0.25) is 0 Å². The Bertz CT molecular complexity index is 383. The molecule has 2 atom stereocenters. The molecule has 0 bridgehead atoms. The molecule has 0 spiro atoms. The van der Waals surface area contributed by atoms with Crippen molar-refractivity contribution in [2.75, 3.05) is 13.7 Å². The maximum atomic E-state index is 5.89. The zero-order valence-corrected chi connectivity index (χ0v) is 12.5. The van der Waals surface area contributed by atoms with E-state index in [0.717, 1.165) is 50.9 Å². The highest BCUT2D eigenvalue weighted by Gasteiger charge is 2.23. The summed E-state index contributed by atoms with van der Waals surface area (Å²) in [7, 11) is 1.77. The van der Waals surface area contributed by atoms with Crippen molar-refractivity contribution in [3.63, 3.8) is 0 Å². The Morgan fingerprint density at radius 3 is 2.80 bits per heavy atom. The molecule has 1 aliphatic rings. The van der Waals surface area contributed by atoms with Crippen LogP contribution >= 0.6 is 0 Å². The van der Waals surface area contributed by atoms with Crippen LogP contribution in [0.4, 0.5) is 0 Å². The minimum Gasteiger partial charge on any atom is -0.473 e. The first-order valence-electron chi connectivity index (χ1n) is 7.54. The molecule has 112 valence electrons. The highest BCUT2D eigenvalue weighted by Crippen LogP contribution is 2.24. The number of nitrogens with one attached hydrogen (secondary N) is 1. The quantitative estimate of drug-likeness (QED) is 0.776. The van der Waals surface area contributed by atoms with E-state index in [1.54, 1.807) is 7.11 Å². The van der Waals surface area contributed by atoms with Gasteiger partial charge in [-0.1, -0.05) is 6.92 Å². The van der Waals surface area contributed by atoms with E-state index in [4.69, 9.17) is 9.47 Å². The minimum absolute atomic E-state index is 0.201. The first kappa shape index (κ1) is 15.2. The van der Waals surface area contributed by atoms with Gasteiger partial charge in [0.2, 0.25) is 5.88 Å². The van der Waals surface area contributed by atoms with Crippen molar-refractivity contribution in [2.45, 2.75) is 57.8 Å². The van der Waals surface area contributed by atoms with Gasteiger partial charge in [0.1, 0.15) is 6.10 Å². The molecule has 0 radical (unpaired) electrons. The number of hydrogen-bond acceptors (Lipinski definition) is 5. The Morgan fingerprint density at radius 1 is 1.25 bits per heavy atom. The summed E-state index contributed by atoms with van der Waals surface area (Å²) in [5.74, 6) is 0.617. The molecule has 1 aromatic rings. The first-order valence-corrected chi connectivity index (χ1v) is 7.54. The molecule has 0 aliphatic heterocycles. The number of rotatable bonds is 7. The van der Waals surface area contributed by atoms with Crippen LogP contribution in [0.25, 0.3) is 0 Å². The van der Waals surface area contributed by atoms with E-state index < -0.39 is 0 Å². The average Bonchev–Trinajstić information content (AvgIpc) is 2.49. The number of nitrogens with zero attached hydrogens (tertiary/aromatic N) is 2. The van der Waals surface area contributed by atoms with Crippen molar-refractivity contribution >= 4 is 0 Å². The van der Waals surface area contributed by atoms with Gasteiger partial charge in [-0.25, -0.2) is 0 Å². The number of ether oxygens (including phenoxy) is 2. The molecule has 1 aliphatic carbocycles. The molecule has 5 nitrogen and oxygen atoms in total. The van der Waals surface area contributed by atoms with Crippen LogP contribution in [0.1, 0.15) is 44.7 Å². The Hall–Kier alpha value is -1.20. The molecule has 2 rings (SSSR count). The Labute approximate surface area is 121 Å². The molecule has 1 saturated carbocycles. The van der Waals surface area contributed by atoms with Gasteiger partial charge in [0, 0.05) is 26.1 Å². The summed E-state index contributed by atoms with van der Waals surface area (Å²) in [5, 5.41) is 11.6. The van der Waals surface area contributed by atoms with E-state index in [0.29, 0.717) is 12.0 Å². The lowest BCUT2D eigenvalue weighted by molar-refractivity contribution is 0.0192. The van der Waals surface area contributed by atoms with Gasteiger partial charge in [-0.2, -0.15) is 5.10 Å². The Kier molecular flexibility index (Phi) is 6.21. The average molecular weight is 279 g/mol. The van der Waals surface area contributed by atoms with Gasteiger partial charge < -0.3 is 14.8 Å². The third-order valence-corrected chi connectivity index (χ3v) is 3.63. The fourth-order valence-corrected chi connectivity index (χ4v) is 2.49. The standard InChI is InChI=1S/C15H25N3O2/c1-3-9-16-11-12-7-8-15(18-17-12)20-14-6-4-5-13(10-14)19-2/h7-8,13-14,16H,3-6,9-11H2,1-2H3. The second-order valence-electron chi connectivity index (χ2n) is 5.30. The zero-order valence-electron chi connectivity index (χ0n) is 12.5. The summed E-state index contributed by atoms with van der Waals surface area (Å²) in [6, 6.07) is 3.88. The van der Waals surface area contributed by atoms with Crippen LogP contribution in [-0.4, -0.2) is 36.1 Å². The summed E-state index contributed by atoms with van der Waals surface area (Å²) in [6.07, 6.45) is 5.93. The topological polar surface area (TPSA) is 56.3 Å². The van der Waals surface area contributed by atoms with Crippen molar-refractivity contribution in [3.8, 4) is 5.88 Å². The molecule has 5 heteroatoms. The molecule has 1 fully saturated rings. The summed E-state index contributed by atoms with van der Waals surface area (Å²) in [5.41, 5.74) is 0.948. The molecule has 2 unspecified atom stereocenters. The van der Waals surface area contributed by atoms with E-state index in [-0.39, 0.29) is 6.10 Å². The molecule has 20 heavy (non-hydrogen) atoms. The number of methoxy groups -OCH3 is 1. The van der Waals surface area contributed by atoms with E-state index in [1.807, 2.05) is 12.1 Å². The SMILES string of the molecule is CCCNCc1ccc(OC2CCCC(OC)C2)nn1. The minimum atomic E-state index is 0.201. The molecule has 1 aromatic heterocycles. The van der Waals surface area contributed by atoms with Gasteiger partial charge in [0.05, 0.1) is 11.8 Å². The molecule has 0 saturated heterocycles. The van der Waals surface area contributed by atoms with Crippen molar-refractivity contribution in [3.05, 3.63) is 17.8 Å². The third-order valence-electron chi connectivity index (χ3n) is 3.63. The van der Waals surface area contributed by atoms with Gasteiger partial charge in [0.15, 0.2) is 0 Å². The highest BCUT2D eigenvalue weighted by molar-refractivity contribution is 5.11. The van der Waals surface area contributed by atoms with Crippen LogP contribution < -0.4 is 10.1 Å². The zero-order chi connectivity index (χ0) is 14.2. The van der Waals surface area contributed by atoms with E-state index >= 15 is 0 Å². The molecule has 0 amide bonds. The van der Waals surface area contributed by atoms with E-state index in [2.05, 4.69) is 22.4 Å². The van der Waals surface area contributed by atoms with E-state index in [9.17, 15) is 0 Å². The molecule has 1 N–H and O–H groups in total. The summed E-state index contributed by atoms with van der Waals surface area (Å²) in [4.78, 5) is 0. The summed E-state index contributed by atoms with van der Waals surface area (Å²) >= 11 is 0. The maximum Gasteiger partial charge on any atom is 0.233 e. The first-order chi connectivity index (χ1) is 9.81. The van der Waals surface area contributed by atoms with Gasteiger partial charge in [0.25, 0.3) is 0 Å². The van der Waals surface area contributed by atoms with Crippen molar-refractivity contribution in [1.29, 1.82) is 0 Å². The van der Waals surface area contributed by atoms with Crippen molar-refractivity contribution in [1.82, 2.24) is 15.5 Å². The predicted molar refractivity (Wildman–Crippen MR) is 77.7 cm³/mol. The largest absolute Gasteiger partial charge is 0.473 e. The summed E-state index contributed by atoms with van der Waals surface area (Å²) < 4.78 is 11.3. The Balaban J connectivity index is 1.80. The van der Waals surface area contributed by atoms with Crippen molar-refractivity contribution < 1.29 is 9.47 Å². The lowest BCUT2D eigenvalue weighted by Crippen LogP contribution is -2.29. The third kappa shape index (κ3) is 4.72. The lowest BCUT2D eigenvalue weighted by atomic mass is 9.95. The second kappa shape index (κ2) is 8.17. The molecule has 0 aromatic carbocycles. The van der Waals surface area contributed by atoms with Crippen LogP contribution in [0.15, 0.2) is 12.1 Å². The maximum absolute atomic E-state index is 5.89. The van der Waals surface area contributed by atoms with Crippen LogP contribution in [0.2, 0.25) is 0 Å². The Morgan fingerprint density at radius 2 is 2.10 bits per heavy atom. The predicted octanol–water partition coefficient (Wildman–Crippen LogP) is 2.31. The van der Waals surface area contributed by atoms with Crippen LogP contribution in [0.5, 0.6) is 5.88 Å². The molecular formula is C15H25N3O2. The van der Waals surface area contributed by atoms with Crippen LogP contribution in [-0.2, 0) is 11.3 Å². The van der Waals surface area contributed by atoms with Crippen LogP contribution in [0.3, 0.4) is 0 Å². The van der Waals surface area contributed by atoms with Gasteiger partial charge >= 0.3 is 0 Å². The number of hydrogen-bond donors (Lipinski definition) is 1. The smallest absolute Gasteiger partial charge is 0.233 e. The van der Waals surface area contributed by atoms with Crippen molar-refractivity contribution in [2.24, 2.45) is 0 Å². The van der Waals surface area contributed by atoms with Gasteiger partial charge in [-0.15, -0.1) is 5.10 Å². The fourth-order valence-electron chi connectivity index (χ4n) is 2.49. The van der Waals surface area contributed by atoms with Gasteiger partial charge in [-0.05, 0) is 38.3 Å². The lowest BCUT2D eigenvalue weighted by Gasteiger charge is -2.28. The second-order valence-corrected chi connectivity index (χ2v) is 5.30. The molecular weight excluding hydrogens is 254 g/mol.